The Morgan fingerprint density at radius 1 is 0.909 bits per heavy atom. The van der Waals surface area contributed by atoms with Gasteiger partial charge in [0.1, 0.15) is 0 Å². The van der Waals surface area contributed by atoms with Crippen molar-refractivity contribution >= 4 is 34.0 Å². The molecule has 0 atom stereocenters. The van der Waals surface area contributed by atoms with E-state index in [2.05, 4.69) is 53.2 Å². The summed E-state index contributed by atoms with van der Waals surface area (Å²) in [7, 11) is 0. The largest absolute Gasteiger partial charge is 0.354 e. The molecule has 3 aromatic carbocycles. The van der Waals surface area contributed by atoms with Crippen LogP contribution >= 0.6 is 11.6 Å². The first-order valence-electron chi connectivity index (χ1n) is 11.3. The average molecular weight is 453 g/mol. The third-order valence-corrected chi connectivity index (χ3v) is 5.85. The van der Waals surface area contributed by atoms with Crippen molar-refractivity contribution in [2.75, 3.05) is 11.9 Å². The molecule has 0 unspecified atom stereocenters. The summed E-state index contributed by atoms with van der Waals surface area (Å²) < 4.78 is 2.24. The van der Waals surface area contributed by atoms with Crippen LogP contribution in [0.4, 0.5) is 11.4 Å². The molecule has 1 aliphatic heterocycles. The number of fused-ring (bicyclic) bond motifs is 2. The average Bonchev–Trinajstić information content (AvgIpc) is 2.84. The molecule has 1 aliphatic carbocycles. The molecule has 164 valence electrons. The number of unbranched alkanes of at least 4 members (excludes halogenated alkanes) is 1. The van der Waals surface area contributed by atoms with Crippen molar-refractivity contribution in [3.63, 3.8) is 0 Å². The van der Waals surface area contributed by atoms with Crippen LogP contribution < -0.4 is 10.7 Å². The SMILES string of the molecule is CCCCN=c1cc2n(-c3ccccc3)c3ccc(Cl)cc3nc-2cc1Nc1ccccc1. The van der Waals surface area contributed by atoms with Gasteiger partial charge in [-0.25, -0.2) is 4.98 Å². The first-order valence-corrected chi connectivity index (χ1v) is 11.6. The van der Waals surface area contributed by atoms with E-state index in [0.29, 0.717) is 5.02 Å². The summed E-state index contributed by atoms with van der Waals surface area (Å²) in [5.41, 5.74) is 6.76. The van der Waals surface area contributed by atoms with Crippen LogP contribution in [0, 0.1) is 0 Å². The van der Waals surface area contributed by atoms with E-state index in [-0.39, 0.29) is 0 Å². The first kappa shape index (κ1) is 21.2. The minimum atomic E-state index is 0.669. The lowest BCUT2D eigenvalue weighted by molar-refractivity contribution is 0.794. The van der Waals surface area contributed by atoms with Gasteiger partial charge in [-0.05, 0) is 61.0 Å². The lowest BCUT2D eigenvalue weighted by Crippen LogP contribution is -2.15. The van der Waals surface area contributed by atoms with Crippen molar-refractivity contribution in [1.29, 1.82) is 0 Å². The molecular formula is C28H25ClN4. The number of nitrogens with one attached hydrogen (secondary N) is 1. The second-order valence-electron chi connectivity index (χ2n) is 8.00. The lowest BCUT2D eigenvalue weighted by atomic mass is 10.1. The fourth-order valence-electron chi connectivity index (χ4n) is 3.99. The van der Waals surface area contributed by atoms with E-state index >= 15 is 0 Å². The molecule has 3 aromatic rings. The Labute approximate surface area is 198 Å². The normalized spacial score (nSPS) is 11.9. The second-order valence-corrected chi connectivity index (χ2v) is 8.44. The standard InChI is InChI=1S/C28H25ClN4/c1-2-3-16-30-23-19-28-26(18-24(23)31-21-10-6-4-7-11-21)32-25-17-20(29)14-15-27(25)33(28)22-12-8-5-9-13-22/h4-15,17-19,31H,2-3,16H2,1H3. The first-order chi connectivity index (χ1) is 16.2. The highest BCUT2D eigenvalue weighted by molar-refractivity contribution is 6.31. The van der Waals surface area contributed by atoms with Gasteiger partial charge in [0.15, 0.2) is 0 Å². The number of benzene rings is 4. The molecule has 1 heterocycles. The van der Waals surface area contributed by atoms with Crippen LogP contribution in [-0.4, -0.2) is 16.1 Å². The minimum Gasteiger partial charge on any atom is -0.354 e. The van der Waals surface area contributed by atoms with Crippen LogP contribution in [0.3, 0.4) is 0 Å². The number of hydrogen-bond acceptors (Lipinski definition) is 3. The Bertz CT molecular complexity index is 1430. The molecule has 33 heavy (non-hydrogen) atoms. The van der Waals surface area contributed by atoms with E-state index in [4.69, 9.17) is 21.6 Å². The topological polar surface area (TPSA) is 42.2 Å². The van der Waals surface area contributed by atoms with Crippen LogP contribution in [0.1, 0.15) is 19.8 Å². The highest BCUT2D eigenvalue weighted by Crippen LogP contribution is 2.31. The molecule has 0 spiro atoms. The van der Waals surface area contributed by atoms with Gasteiger partial charge in [-0.2, -0.15) is 0 Å². The van der Waals surface area contributed by atoms with Gasteiger partial charge in [-0.15, -0.1) is 0 Å². The predicted molar refractivity (Wildman–Crippen MR) is 138 cm³/mol. The smallest absolute Gasteiger partial charge is 0.0900 e. The van der Waals surface area contributed by atoms with Crippen LogP contribution in [0.2, 0.25) is 5.02 Å². The van der Waals surface area contributed by atoms with Crippen molar-refractivity contribution < 1.29 is 0 Å². The van der Waals surface area contributed by atoms with Gasteiger partial charge >= 0.3 is 0 Å². The van der Waals surface area contributed by atoms with E-state index < -0.39 is 0 Å². The number of rotatable bonds is 6. The molecule has 0 saturated carbocycles. The van der Waals surface area contributed by atoms with E-state index in [0.717, 1.165) is 64.2 Å². The molecule has 0 saturated heterocycles. The fourth-order valence-corrected chi connectivity index (χ4v) is 4.16. The van der Waals surface area contributed by atoms with Crippen LogP contribution in [-0.2, 0) is 0 Å². The molecule has 4 nitrogen and oxygen atoms in total. The highest BCUT2D eigenvalue weighted by atomic mass is 35.5. The minimum absolute atomic E-state index is 0.669. The Kier molecular flexibility index (Phi) is 6.09. The Morgan fingerprint density at radius 3 is 2.42 bits per heavy atom. The van der Waals surface area contributed by atoms with Gasteiger partial charge in [0.25, 0.3) is 0 Å². The van der Waals surface area contributed by atoms with Crippen molar-refractivity contribution in [2.24, 2.45) is 4.99 Å². The van der Waals surface area contributed by atoms with Crippen molar-refractivity contribution in [3.8, 4) is 17.1 Å². The zero-order valence-corrected chi connectivity index (χ0v) is 19.3. The molecule has 0 bridgehead atoms. The van der Waals surface area contributed by atoms with Gasteiger partial charge in [-0.1, -0.05) is 61.3 Å². The van der Waals surface area contributed by atoms with Crippen molar-refractivity contribution in [1.82, 2.24) is 9.55 Å². The second kappa shape index (κ2) is 9.47. The fraction of sp³-hybridized carbons (Fsp3) is 0.143. The maximum absolute atomic E-state index is 6.33. The van der Waals surface area contributed by atoms with Gasteiger partial charge in [0.2, 0.25) is 0 Å². The Morgan fingerprint density at radius 2 is 1.67 bits per heavy atom. The molecular weight excluding hydrogens is 428 g/mol. The zero-order chi connectivity index (χ0) is 22.6. The molecule has 0 radical (unpaired) electrons. The van der Waals surface area contributed by atoms with E-state index in [1.807, 2.05) is 54.6 Å². The number of anilines is 2. The summed E-state index contributed by atoms with van der Waals surface area (Å²) in [5.74, 6) is 0. The predicted octanol–water partition coefficient (Wildman–Crippen LogP) is 7.23. The summed E-state index contributed by atoms with van der Waals surface area (Å²) >= 11 is 6.33. The van der Waals surface area contributed by atoms with Gasteiger partial charge in [-0.3, -0.25) is 4.99 Å². The van der Waals surface area contributed by atoms with Gasteiger partial charge in [0, 0.05) is 22.9 Å². The van der Waals surface area contributed by atoms with Crippen molar-refractivity contribution in [2.45, 2.75) is 19.8 Å². The number of halogens is 1. The quantitative estimate of drug-likeness (QED) is 0.218. The summed E-state index contributed by atoms with van der Waals surface area (Å²) in [6.07, 6.45) is 2.16. The molecule has 2 aliphatic rings. The molecule has 1 N–H and O–H groups in total. The molecule has 5 heteroatoms. The van der Waals surface area contributed by atoms with Gasteiger partial charge < -0.3 is 9.88 Å². The Balaban J connectivity index is 1.80. The third kappa shape index (κ3) is 4.48. The van der Waals surface area contributed by atoms with Crippen LogP contribution in [0.5, 0.6) is 0 Å². The van der Waals surface area contributed by atoms with Crippen LogP contribution in [0.25, 0.3) is 28.1 Å². The molecule has 0 aromatic heterocycles. The Hall–Kier alpha value is -3.63. The summed E-state index contributed by atoms with van der Waals surface area (Å²) in [5, 5.41) is 5.14. The summed E-state index contributed by atoms with van der Waals surface area (Å²) in [6.45, 7) is 2.97. The van der Waals surface area contributed by atoms with E-state index in [1.165, 1.54) is 0 Å². The molecule has 0 amide bonds. The lowest BCUT2D eigenvalue weighted by Gasteiger charge is -2.20. The number of aromatic nitrogens is 2. The maximum Gasteiger partial charge on any atom is 0.0900 e. The number of nitrogens with zero attached hydrogens (tertiary/aromatic N) is 3. The van der Waals surface area contributed by atoms with Gasteiger partial charge in [0.05, 0.1) is 33.5 Å². The van der Waals surface area contributed by atoms with E-state index in [9.17, 15) is 0 Å². The summed E-state index contributed by atoms with van der Waals surface area (Å²) in [6, 6.07) is 30.6. The highest BCUT2D eigenvalue weighted by Gasteiger charge is 2.16. The van der Waals surface area contributed by atoms with E-state index in [1.54, 1.807) is 0 Å². The number of para-hydroxylation sites is 2. The summed E-state index contributed by atoms with van der Waals surface area (Å²) in [4.78, 5) is 9.92. The zero-order valence-electron chi connectivity index (χ0n) is 18.5. The van der Waals surface area contributed by atoms with Crippen molar-refractivity contribution in [3.05, 3.63) is 101 Å². The van der Waals surface area contributed by atoms with Crippen LogP contribution in [0.15, 0.2) is 96.0 Å². The monoisotopic (exact) mass is 452 g/mol. The maximum atomic E-state index is 6.33. The number of hydrogen-bond donors (Lipinski definition) is 1. The molecule has 0 fully saturated rings. The third-order valence-electron chi connectivity index (χ3n) is 5.61. The molecule has 5 rings (SSSR count).